The van der Waals surface area contributed by atoms with Gasteiger partial charge < -0.3 is 5.32 Å². The minimum absolute atomic E-state index is 0.299. The number of nitrogens with one attached hydrogen (secondary N) is 1. The van der Waals surface area contributed by atoms with Gasteiger partial charge in [0.25, 0.3) is 0 Å². The van der Waals surface area contributed by atoms with Crippen molar-refractivity contribution < 1.29 is 4.39 Å². The Balaban J connectivity index is 2.10. The van der Waals surface area contributed by atoms with Crippen LogP contribution in [-0.2, 0) is 6.42 Å². The largest absolute Gasteiger partial charge is 0.316 e. The summed E-state index contributed by atoms with van der Waals surface area (Å²) in [6.07, 6.45) is 4.59. The smallest absolute Gasteiger partial charge is 0.142 e. The minimum atomic E-state index is -0.304. The molecule has 0 heterocycles. The van der Waals surface area contributed by atoms with Crippen molar-refractivity contribution in [3.05, 3.63) is 34.6 Å². The second-order valence-corrected chi connectivity index (χ2v) is 5.40. The average molecular weight is 256 g/mol. The molecule has 1 N–H and O–H groups in total. The Morgan fingerprint density at radius 3 is 2.76 bits per heavy atom. The summed E-state index contributed by atoms with van der Waals surface area (Å²) in [5, 5.41) is 3.71. The van der Waals surface area contributed by atoms with Crippen molar-refractivity contribution in [2.45, 2.75) is 32.6 Å². The van der Waals surface area contributed by atoms with Gasteiger partial charge in [0.1, 0.15) is 5.82 Å². The molecule has 0 unspecified atom stereocenters. The summed E-state index contributed by atoms with van der Waals surface area (Å²) in [6, 6.07) is 5.11. The van der Waals surface area contributed by atoms with Gasteiger partial charge in [0, 0.05) is 6.54 Å². The first-order valence-corrected chi connectivity index (χ1v) is 6.68. The van der Waals surface area contributed by atoms with Crippen LogP contribution in [0.3, 0.4) is 0 Å². The zero-order valence-electron chi connectivity index (χ0n) is 10.2. The van der Waals surface area contributed by atoms with Crippen molar-refractivity contribution in [3.63, 3.8) is 0 Å². The Labute approximate surface area is 107 Å². The fourth-order valence-electron chi connectivity index (χ4n) is 2.57. The number of rotatable bonds is 5. The highest BCUT2D eigenvalue weighted by Gasteiger charge is 2.37. The van der Waals surface area contributed by atoms with Crippen LogP contribution in [0.15, 0.2) is 18.2 Å². The first-order chi connectivity index (χ1) is 8.17. The van der Waals surface area contributed by atoms with Crippen LogP contribution in [0.25, 0.3) is 0 Å². The Kier molecular flexibility index (Phi) is 4.05. The Bertz CT molecular complexity index is 388. The molecule has 0 amide bonds. The van der Waals surface area contributed by atoms with E-state index >= 15 is 0 Å². The third-order valence-electron chi connectivity index (χ3n) is 3.76. The standard InChI is InChI=1S/C14H19ClFN/c1-2-17-10-14(7-4-8-14)9-11-5-3-6-12(16)13(11)15/h3,5-6,17H,2,4,7-10H2,1H3. The van der Waals surface area contributed by atoms with Crippen molar-refractivity contribution in [1.29, 1.82) is 0 Å². The molecule has 0 radical (unpaired) electrons. The van der Waals surface area contributed by atoms with E-state index in [1.54, 1.807) is 6.07 Å². The normalized spacial score (nSPS) is 17.8. The first kappa shape index (κ1) is 12.8. The molecular weight excluding hydrogens is 237 g/mol. The van der Waals surface area contributed by atoms with Crippen LogP contribution < -0.4 is 5.32 Å². The molecule has 2 rings (SSSR count). The Morgan fingerprint density at radius 2 is 2.18 bits per heavy atom. The van der Waals surface area contributed by atoms with Gasteiger partial charge in [-0.3, -0.25) is 0 Å². The van der Waals surface area contributed by atoms with Crippen LogP contribution >= 0.6 is 11.6 Å². The SMILES string of the molecule is CCNCC1(Cc2cccc(F)c2Cl)CCC1. The lowest BCUT2D eigenvalue weighted by Crippen LogP contribution is -2.41. The highest BCUT2D eigenvalue weighted by atomic mass is 35.5. The highest BCUT2D eigenvalue weighted by Crippen LogP contribution is 2.44. The summed E-state index contributed by atoms with van der Waals surface area (Å²) in [7, 11) is 0. The van der Waals surface area contributed by atoms with Gasteiger partial charge in [-0.2, -0.15) is 0 Å². The van der Waals surface area contributed by atoms with E-state index < -0.39 is 0 Å². The number of benzene rings is 1. The van der Waals surface area contributed by atoms with E-state index in [9.17, 15) is 4.39 Å². The maximum absolute atomic E-state index is 13.4. The zero-order valence-corrected chi connectivity index (χ0v) is 11.0. The van der Waals surface area contributed by atoms with E-state index in [1.165, 1.54) is 25.3 Å². The fourth-order valence-corrected chi connectivity index (χ4v) is 2.76. The zero-order chi connectivity index (χ0) is 12.3. The molecule has 1 fully saturated rings. The molecule has 0 bridgehead atoms. The predicted molar refractivity (Wildman–Crippen MR) is 69.9 cm³/mol. The van der Waals surface area contributed by atoms with Gasteiger partial charge in [0.05, 0.1) is 5.02 Å². The van der Waals surface area contributed by atoms with Gasteiger partial charge >= 0.3 is 0 Å². The molecule has 0 aliphatic heterocycles. The minimum Gasteiger partial charge on any atom is -0.316 e. The third kappa shape index (κ3) is 2.80. The van der Waals surface area contributed by atoms with Gasteiger partial charge in [0.15, 0.2) is 0 Å². The molecule has 0 spiro atoms. The lowest BCUT2D eigenvalue weighted by molar-refractivity contribution is 0.131. The fraction of sp³-hybridized carbons (Fsp3) is 0.571. The molecule has 94 valence electrons. The molecule has 0 atom stereocenters. The van der Waals surface area contributed by atoms with Gasteiger partial charge in [-0.1, -0.05) is 37.1 Å². The van der Waals surface area contributed by atoms with E-state index in [1.807, 2.05) is 6.07 Å². The second-order valence-electron chi connectivity index (χ2n) is 5.02. The third-order valence-corrected chi connectivity index (χ3v) is 4.18. The lowest BCUT2D eigenvalue weighted by atomic mass is 9.65. The maximum Gasteiger partial charge on any atom is 0.142 e. The van der Waals surface area contributed by atoms with Gasteiger partial charge in [-0.05, 0) is 42.9 Å². The van der Waals surface area contributed by atoms with Crippen LogP contribution in [0.1, 0.15) is 31.7 Å². The van der Waals surface area contributed by atoms with E-state index in [0.717, 1.165) is 25.1 Å². The Hall–Kier alpha value is -0.600. The Morgan fingerprint density at radius 1 is 1.41 bits per heavy atom. The van der Waals surface area contributed by atoms with Gasteiger partial charge in [-0.25, -0.2) is 4.39 Å². The molecule has 1 aromatic rings. The number of hydrogen-bond donors (Lipinski definition) is 1. The van der Waals surface area contributed by atoms with E-state index in [0.29, 0.717) is 10.4 Å². The van der Waals surface area contributed by atoms with Crippen LogP contribution in [-0.4, -0.2) is 13.1 Å². The summed E-state index contributed by atoms with van der Waals surface area (Å²) < 4.78 is 13.4. The van der Waals surface area contributed by atoms with Crippen molar-refractivity contribution in [3.8, 4) is 0 Å². The molecule has 1 aromatic carbocycles. The van der Waals surface area contributed by atoms with Crippen molar-refractivity contribution in [1.82, 2.24) is 5.32 Å². The van der Waals surface area contributed by atoms with Crippen molar-refractivity contribution in [2.75, 3.05) is 13.1 Å². The van der Waals surface area contributed by atoms with Crippen molar-refractivity contribution >= 4 is 11.6 Å². The van der Waals surface area contributed by atoms with Crippen LogP contribution in [0.5, 0.6) is 0 Å². The summed E-state index contributed by atoms with van der Waals surface area (Å²) in [4.78, 5) is 0. The molecule has 1 aliphatic rings. The summed E-state index contributed by atoms with van der Waals surface area (Å²) >= 11 is 6.02. The highest BCUT2D eigenvalue weighted by molar-refractivity contribution is 6.31. The summed E-state index contributed by atoms with van der Waals surface area (Å²) in [6.45, 7) is 4.11. The molecule has 1 aliphatic carbocycles. The quantitative estimate of drug-likeness (QED) is 0.844. The van der Waals surface area contributed by atoms with Gasteiger partial charge in [-0.15, -0.1) is 0 Å². The molecule has 1 saturated carbocycles. The van der Waals surface area contributed by atoms with Crippen molar-refractivity contribution in [2.24, 2.45) is 5.41 Å². The van der Waals surface area contributed by atoms with Crippen LogP contribution in [0.2, 0.25) is 5.02 Å². The summed E-state index contributed by atoms with van der Waals surface area (Å²) in [5.74, 6) is -0.304. The van der Waals surface area contributed by atoms with E-state index in [2.05, 4.69) is 12.2 Å². The predicted octanol–water partition coefficient (Wildman–Crippen LogP) is 3.80. The van der Waals surface area contributed by atoms with Gasteiger partial charge in [0.2, 0.25) is 0 Å². The van der Waals surface area contributed by atoms with Crippen LogP contribution in [0.4, 0.5) is 4.39 Å². The molecule has 0 aromatic heterocycles. The lowest BCUT2D eigenvalue weighted by Gasteiger charge is -2.42. The molecule has 17 heavy (non-hydrogen) atoms. The van der Waals surface area contributed by atoms with E-state index in [4.69, 9.17) is 11.6 Å². The molecule has 3 heteroatoms. The topological polar surface area (TPSA) is 12.0 Å². The monoisotopic (exact) mass is 255 g/mol. The maximum atomic E-state index is 13.4. The summed E-state index contributed by atoms with van der Waals surface area (Å²) in [5.41, 5.74) is 1.25. The average Bonchev–Trinajstić information content (AvgIpc) is 2.28. The molecule has 0 saturated heterocycles. The first-order valence-electron chi connectivity index (χ1n) is 6.30. The second kappa shape index (κ2) is 5.36. The number of halogens is 2. The molecular formula is C14H19ClFN. The van der Waals surface area contributed by atoms with E-state index in [-0.39, 0.29) is 5.82 Å². The van der Waals surface area contributed by atoms with Crippen LogP contribution in [0, 0.1) is 11.2 Å². The molecule has 1 nitrogen and oxygen atoms in total. The number of hydrogen-bond acceptors (Lipinski definition) is 1.